The average Bonchev–Trinajstić information content (AvgIpc) is 2.74. The molecule has 2 rings (SSSR count). The maximum absolute atomic E-state index is 5.90. The largest absolute Gasteiger partial charge is 0.494 e. The molecule has 0 aliphatic heterocycles. The number of benzene rings is 2. The highest BCUT2D eigenvalue weighted by atomic mass is 32.1. The van der Waals surface area contributed by atoms with Gasteiger partial charge < -0.3 is 14.2 Å². The second-order valence-corrected chi connectivity index (χ2v) is 7.59. The van der Waals surface area contributed by atoms with Gasteiger partial charge in [-0.05, 0) is 66.2 Å². The van der Waals surface area contributed by atoms with Gasteiger partial charge in [0.05, 0.1) is 19.8 Å². The molecule has 0 radical (unpaired) electrons. The minimum Gasteiger partial charge on any atom is -0.494 e. The SMILES string of the molecule is CCCCOc1cc(/C=C/c2ccc(OCCCS)cc2)cc(OCCCS)c1. The topological polar surface area (TPSA) is 27.7 Å². The van der Waals surface area contributed by atoms with Crippen LogP contribution in [0, 0.1) is 0 Å². The van der Waals surface area contributed by atoms with Crippen molar-refractivity contribution in [3.63, 3.8) is 0 Å². The van der Waals surface area contributed by atoms with E-state index in [2.05, 4.69) is 56.5 Å². The Kier molecular flexibility index (Phi) is 11.6. The molecule has 0 N–H and O–H groups in total. The van der Waals surface area contributed by atoms with Crippen LogP contribution in [0.15, 0.2) is 42.5 Å². The summed E-state index contributed by atoms with van der Waals surface area (Å²) in [5.74, 6) is 4.20. The zero-order chi connectivity index (χ0) is 20.7. The van der Waals surface area contributed by atoms with Crippen LogP contribution in [0.1, 0.15) is 43.7 Å². The Balaban J connectivity index is 2.05. The number of unbranched alkanes of at least 4 members (excludes halogenated alkanes) is 1. The van der Waals surface area contributed by atoms with E-state index >= 15 is 0 Å². The molecule has 158 valence electrons. The van der Waals surface area contributed by atoms with Crippen LogP contribution in [0.5, 0.6) is 17.2 Å². The van der Waals surface area contributed by atoms with Gasteiger partial charge in [-0.3, -0.25) is 0 Å². The number of hydrogen-bond acceptors (Lipinski definition) is 5. The lowest BCUT2D eigenvalue weighted by molar-refractivity contribution is 0.298. The Labute approximate surface area is 186 Å². The van der Waals surface area contributed by atoms with Gasteiger partial charge in [-0.2, -0.15) is 25.3 Å². The molecule has 0 heterocycles. The van der Waals surface area contributed by atoms with Crippen LogP contribution in [0.4, 0.5) is 0 Å². The molecule has 0 aliphatic carbocycles. The molecule has 0 saturated carbocycles. The number of thiol groups is 2. The first-order chi connectivity index (χ1) is 14.2. The summed E-state index contributed by atoms with van der Waals surface area (Å²) in [6.07, 6.45) is 8.17. The zero-order valence-electron chi connectivity index (χ0n) is 17.2. The summed E-state index contributed by atoms with van der Waals surface area (Å²) in [7, 11) is 0. The van der Waals surface area contributed by atoms with Gasteiger partial charge >= 0.3 is 0 Å². The molecular weight excluding hydrogens is 400 g/mol. The minimum atomic E-state index is 0.653. The normalized spacial score (nSPS) is 11.0. The van der Waals surface area contributed by atoms with E-state index in [1.807, 2.05) is 30.3 Å². The first-order valence-corrected chi connectivity index (χ1v) is 11.5. The van der Waals surface area contributed by atoms with Crippen LogP contribution < -0.4 is 14.2 Å². The third-order valence-corrected chi connectivity index (χ3v) is 4.79. The van der Waals surface area contributed by atoms with Crippen molar-refractivity contribution in [3.05, 3.63) is 53.6 Å². The van der Waals surface area contributed by atoms with Crippen molar-refractivity contribution in [2.24, 2.45) is 0 Å². The predicted octanol–water partition coefficient (Wildman–Crippen LogP) is 6.43. The first-order valence-electron chi connectivity index (χ1n) is 10.3. The fraction of sp³-hybridized carbons (Fsp3) is 0.417. The second-order valence-electron chi connectivity index (χ2n) is 6.69. The Morgan fingerprint density at radius 3 is 1.72 bits per heavy atom. The lowest BCUT2D eigenvalue weighted by Gasteiger charge is -2.11. The Morgan fingerprint density at radius 1 is 0.655 bits per heavy atom. The van der Waals surface area contributed by atoms with Gasteiger partial charge in [0.25, 0.3) is 0 Å². The molecule has 0 atom stereocenters. The van der Waals surface area contributed by atoms with Gasteiger partial charge in [-0.1, -0.05) is 37.6 Å². The lowest BCUT2D eigenvalue weighted by atomic mass is 10.1. The van der Waals surface area contributed by atoms with Gasteiger partial charge in [0, 0.05) is 6.07 Å². The highest BCUT2D eigenvalue weighted by Crippen LogP contribution is 2.25. The van der Waals surface area contributed by atoms with Crippen molar-refractivity contribution in [3.8, 4) is 17.2 Å². The molecule has 0 spiro atoms. The van der Waals surface area contributed by atoms with Gasteiger partial charge in [0.15, 0.2) is 0 Å². The summed E-state index contributed by atoms with van der Waals surface area (Å²) in [4.78, 5) is 0. The average molecular weight is 433 g/mol. The second kappa shape index (κ2) is 14.3. The monoisotopic (exact) mass is 432 g/mol. The number of ether oxygens (including phenoxy) is 3. The molecule has 2 aromatic carbocycles. The molecule has 5 heteroatoms. The fourth-order valence-electron chi connectivity index (χ4n) is 2.57. The highest BCUT2D eigenvalue weighted by molar-refractivity contribution is 7.80. The molecule has 0 amide bonds. The van der Waals surface area contributed by atoms with Crippen molar-refractivity contribution >= 4 is 37.4 Å². The summed E-state index contributed by atoms with van der Waals surface area (Å²) >= 11 is 8.44. The first kappa shape index (κ1) is 23.6. The molecule has 2 aromatic rings. The zero-order valence-corrected chi connectivity index (χ0v) is 19.0. The van der Waals surface area contributed by atoms with E-state index in [0.29, 0.717) is 19.8 Å². The Hall–Kier alpha value is -1.72. The predicted molar refractivity (Wildman–Crippen MR) is 130 cm³/mol. The Morgan fingerprint density at radius 2 is 1.17 bits per heavy atom. The molecule has 29 heavy (non-hydrogen) atoms. The van der Waals surface area contributed by atoms with E-state index in [1.54, 1.807) is 0 Å². The molecule has 0 aromatic heterocycles. The van der Waals surface area contributed by atoms with E-state index in [9.17, 15) is 0 Å². The van der Waals surface area contributed by atoms with E-state index < -0.39 is 0 Å². The minimum absolute atomic E-state index is 0.653. The van der Waals surface area contributed by atoms with Crippen LogP contribution in [-0.4, -0.2) is 31.3 Å². The van der Waals surface area contributed by atoms with E-state index in [4.69, 9.17) is 14.2 Å². The van der Waals surface area contributed by atoms with Crippen molar-refractivity contribution in [1.29, 1.82) is 0 Å². The molecule has 0 aliphatic rings. The third kappa shape index (κ3) is 9.55. The van der Waals surface area contributed by atoms with Crippen LogP contribution in [0.3, 0.4) is 0 Å². The van der Waals surface area contributed by atoms with Crippen LogP contribution in [0.2, 0.25) is 0 Å². The summed E-state index contributed by atoms with van der Waals surface area (Å²) in [6.45, 7) is 4.22. The van der Waals surface area contributed by atoms with Crippen molar-refractivity contribution in [2.75, 3.05) is 31.3 Å². The van der Waals surface area contributed by atoms with Crippen LogP contribution in [-0.2, 0) is 0 Å². The maximum atomic E-state index is 5.90. The molecule has 0 fully saturated rings. The van der Waals surface area contributed by atoms with Crippen molar-refractivity contribution in [2.45, 2.75) is 32.6 Å². The summed E-state index contributed by atoms with van der Waals surface area (Å²) in [5.41, 5.74) is 2.16. The van der Waals surface area contributed by atoms with E-state index in [1.165, 1.54) is 0 Å². The van der Waals surface area contributed by atoms with Gasteiger partial charge in [-0.15, -0.1) is 0 Å². The molecule has 0 unspecified atom stereocenters. The summed E-state index contributed by atoms with van der Waals surface area (Å²) < 4.78 is 17.4. The van der Waals surface area contributed by atoms with E-state index in [-0.39, 0.29) is 0 Å². The number of rotatable bonds is 14. The van der Waals surface area contributed by atoms with Gasteiger partial charge in [0.1, 0.15) is 17.2 Å². The molecule has 0 saturated heterocycles. The number of hydrogen-bond donors (Lipinski definition) is 2. The van der Waals surface area contributed by atoms with Crippen molar-refractivity contribution in [1.82, 2.24) is 0 Å². The summed E-state index contributed by atoms with van der Waals surface area (Å²) in [6, 6.07) is 14.1. The van der Waals surface area contributed by atoms with Gasteiger partial charge in [-0.25, -0.2) is 0 Å². The summed E-state index contributed by atoms with van der Waals surface area (Å²) in [5, 5.41) is 0. The Bertz CT molecular complexity index is 701. The highest BCUT2D eigenvalue weighted by Gasteiger charge is 2.03. The van der Waals surface area contributed by atoms with Crippen molar-refractivity contribution < 1.29 is 14.2 Å². The third-order valence-electron chi connectivity index (χ3n) is 4.16. The fourth-order valence-corrected chi connectivity index (χ4v) is 2.83. The molecule has 3 nitrogen and oxygen atoms in total. The molecule has 0 bridgehead atoms. The van der Waals surface area contributed by atoms with Crippen LogP contribution in [0.25, 0.3) is 12.2 Å². The van der Waals surface area contributed by atoms with Crippen LogP contribution >= 0.6 is 25.3 Å². The lowest BCUT2D eigenvalue weighted by Crippen LogP contribution is -2.00. The smallest absolute Gasteiger partial charge is 0.123 e. The quantitative estimate of drug-likeness (QED) is 0.205. The maximum Gasteiger partial charge on any atom is 0.123 e. The van der Waals surface area contributed by atoms with E-state index in [0.717, 1.165) is 65.6 Å². The standard InChI is InChI=1S/C24H32O3S2/c1-2-3-12-26-23-17-21(18-24(19-23)27-14-5-16-29)7-6-20-8-10-22(11-9-20)25-13-4-15-28/h6-11,17-19,28-29H,2-5,12-16H2,1H3/b7-6+. The molecular formula is C24H32O3S2. The van der Waals surface area contributed by atoms with Gasteiger partial charge in [0.2, 0.25) is 0 Å².